The summed E-state index contributed by atoms with van der Waals surface area (Å²) in [4.78, 5) is 14.3. The van der Waals surface area contributed by atoms with Gasteiger partial charge in [0.15, 0.2) is 0 Å². The molecule has 3 atom stereocenters. The molecule has 0 N–H and O–H groups in total. The van der Waals surface area contributed by atoms with Crippen molar-refractivity contribution in [3.8, 4) is 23.0 Å². The molecule has 5 aliphatic rings. The van der Waals surface area contributed by atoms with E-state index in [9.17, 15) is 4.79 Å². The molecule has 6 bridgehead atoms. The lowest BCUT2D eigenvalue weighted by Gasteiger charge is -2.46. The first kappa shape index (κ1) is 50.2. The lowest BCUT2D eigenvalue weighted by atomic mass is 9.57. The van der Waals surface area contributed by atoms with Crippen LogP contribution in [0.4, 0.5) is 0 Å². The molecule has 344 valence electrons. The van der Waals surface area contributed by atoms with Crippen LogP contribution in [0.2, 0.25) is 36.3 Å². The monoisotopic (exact) mass is 891 g/mol. The Balaban J connectivity index is 1.69. The average molecular weight is 891 g/mol. The first-order valence-electron chi connectivity index (χ1n) is 23.7. The molecule has 0 saturated carbocycles. The van der Waals surface area contributed by atoms with Gasteiger partial charge in [-0.25, -0.2) is 0 Å². The molecule has 0 aromatic heterocycles. The maximum atomic E-state index is 14.3. The zero-order chi connectivity index (χ0) is 46.5. The number of aldehydes is 1. The van der Waals surface area contributed by atoms with Crippen molar-refractivity contribution in [2.75, 3.05) is 14.2 Å². The normalized spacial score (nSPS) is 24.5. The molecule has 0 amide bonds. The summed E-state index contributed by atoms with van der Waals surface area (Å²) in [5.41, 5.74) is 10.4. The van der Waals surface area contributed by atoms with Gasteiger partial charge in [-0.2, -0.15) is 0 Å². The molecule has 5 nitrogen and oxygen atoms in total. The first-order chi connectivity index (χ1) is 29.4. The van der Waals surface area contributed by atoms with E-state index in [0.717, 1.165) is 109 Å². The highest BCUT2D eigenvalue weighted by molar-refractivity contribution is 6.75. The second-order valence-corrected chi connectivity index (χ2v) is 31.7. The van der Waals surface area contributed by atoms with Crippen molar-refractivity contribution in [3.63, 3.8) is 0 Å². The van der Waals surface area contributed by atoms with Crippen LogP contribution in [0.15, 0.2) is 95.2 Å². The third kappa shape index (κ3) is 12.1. The Morgan fingerprint density at radius 2 is 1.17 bits per heavy atom. The Bertz CT molecular complexity index is 2150. The number of benzene rings is 2. The number of allylic oxidation sites excluding steroid dienone is 11. The van der Waals surface area contributed by atoms with Crippen LogP contribution in [0.25, 0.3) is 0 Å². The van der Waals surface area contributed by atoms with Crippen LogP contribution in [-0.2, 0) is 30.5 Å². The van der Waals surface area contributed by atoms with Crippen molar-refractivity contribution in [2.45, 2.75) is 169 Å². The van der Waals surface area contributed by atoms with Crippen LogP contribution in [0.1, 0.15) is 130 Å². The SMILES string of the molecule is C=C1/C=C/CC2(C=O)C3C=C(CCC=C(C)Cc4cc(O[Si](C)(C)C(C)(C)C)c(cc4OC)C/C=C(/C)C3)CC2Cc2cc(OC)c(cc2O[Si](C)(C)C(C)(C)C)C/C(C)=C\CC1. The maximum absolute atomic E-state index is 14.3. The topological polar surface area (TPSA) is 54.0 Å². The van der Waals surface area contributed by atoms with Gasteiger partial charge in [0, 0.05) is 22.1 Å². The van der Waals surface area contributed by atoms with Crippen LogP contribution in [0.3, 0.4) is 0 Å². The van der Waals surface area contributed by atoms with E-state index in [-0.39, 0.29) is 21.9 Å². The molecule has 63 heavy (non-hydrogen) atoms. The van der Waals surface area contributed by atoms with Gasteiger partial charge >= 0.3 is 0 Å². The maximum Gasteiger partial charge on any atom is 0.250 e. The third-order valence-corrected chi connectivity index (χ3v) is 23.9. The van der Waals surface area contributed by atoms with Crippen LogP contribution >= 0.6 is 0 Å². The number of carbonyl (C=O) groups excluding carboxylic acids is 1. The second-order valence-electron chi connectivity index (χ2n) is 22.3. The Hall–Kier alpha value is -3.82. The molecule has 0 spiro atoms. The van der Waals surface area contributed by atoms with Crippen molar-refractivity contribution in [2.24, 2.45) is 17.3 Å². The summed E-state index contributed by atoms with van der Waals surface area (Å²) >= 11 is 0. The highest BCUT2D eigenvalue weighted by atomic mass is 28.4. The second kappa shape index (κ2) is 20.1. The number of fused-ring (bicyclic) bond motifs is 15. The summed E-state index contributed by atoms with van der Waals surface area (Å²) in [7, 11) is -0.827. The van der Waals surface area contributed by atoms with Gasteiger partial charge in [-0.1, -0.05) is 112 Å². The highest BCUT2D eigenvalue weighted by Gasteiger charge is 2.47. The van der Waals surface area contributed by atoms with Crippen LogP contribution in [0, 0.1) is 17.3 Å². The number of hydrogen-bond acceptors (Lipinski definition) is 5. The lowest BCUT2D eigenvalue weighted by molar-refractivity contribution is -0.122. The summed E-state index contributed by atoms with van der Waals surface area (Å²) in [6.45, 7) is 34.3. The van der Waals surface area contributed by atoms with E-state index in [4.69, 9.17) is 18.3 Å². The average Bonchev–Trinajstić information content (AvgIpc) is 3.17. The van der Waals surface area contributed by atoms with Gasteiger partial charge in [-0.3, -0.25) is 0 Å². The minimum absolute atomic E-state index is 0.00570. The molecule has 2 aromatic rings. The van der Waals surface area contributed by atoms with E-state index >= 15 is 0 Å². The fourth-order valence-electron chi connectivity index (χ4n) is 9.12. The fraction of sp³-hybridized carbons (Fsp3) is 0.554. The molecule has 0 radical (unpaired) electrons. The fourth-order valence-corrected chi connectivity index (χ4v) is 11.2. The number of methoxy groups -OCH3 is 2. The highest BCUT2D eigenvalue weighted by Crippen LogP contribution is 2.52. The number of carbonyl (C=O) groups is 1. The number of rotatable bonds is 7. The molecular weight excluding hydrogens is 809 g/mol. The van der Waals surface area contributed by atoms with Crippen molar-refractivity contribution in [3.05, 3.63) is 117 Å². The van der Waals surface area contributed by atoms with Crippen molar-refractivity contribution in [1.82, 2.24) is 0 Å². The summed E-state index contributed by atoms with van der Waals surface area (Å²) in [6.07, 6.45) is 24.4. The predicted molar refractivity (Wildman–Crippen MR) is 272 cm³/mol. The standard InChI is InChI=1S/C56H82O5Si2/c1-39-20-17-21-40(2)28-46-37-53(61-63(15,16)55(8,9)10)47(35-51(46)59-12)33-49-32-43-24-18-22-41(3)29-45-36-52(60-62(13,14)54(5,6)7)44(34-50(45)58-11)26-25-42(4)30-48(31-43)56(49,38-57)27-19-23-39/h19,21-23,25,31,34-38,48-49H,1,17-18,20,24,26-30,32-33H2,2-16H3/b23-19+,40-21-,41-22?,42-25-. The van der Waals surface area contributed by atoms with Crippen molar-refractivity contribution >= 4 is 22.9 Å². The van der Waals surface area contributed by atoms with E-state index < -0.39 is 22.0 Å². The minimum Gasteiger partial charge on any atom is -0.543 e. The van der Waals surface area contributed by atoms with Crippen molar-refractivity contribution in [1.29, 1.82) is 0 Å². The van der Waals surface area contributed by atoms with Gasteiger partial charge in [0.25, 0.3) is 0 Å². The van der Waals surface area contributed by atoms with Gasteiger partial charge < -0.3 is 23.1 Å². The molecular formula is C56H82O5Si2. The molecule has 2 aromatic carbocycles. The van der Waals surface area contributed by atoms with Gasteiger partial charge in [0.2, 0.25) is 16.6 Å². The summed E-state index contributed by atoms with van der Waals surface area (Å²) in [6, 6.07) is 8.98. The Morgan fingerprint density at radius 3 is 1.70 bits per heavy atom. The van der Waals surface area contributed by atoms with Gasteiger partial charge in [-0.05, 0) is 169 Å². The molecule has 0 aliphatic heterocycles. The van der Waals surface area contributed by atoms with Crippen LogP contribution in [0.5, 0.6) is 23.0 Å². The van der Waals surface area contributed by atoms with E-state index in [1.165, 1.54) is 28.6 Å². The lowest BCUT2D eigenvalue weighted by Crippen LogP contribution is -2.45. The molecule has 0 heterocycles. The van der Waals surface area contributed by atoms with Gasteiger partial charge in [0.05, 0.1) is 14.2 Å². The summed E-state index contributed by atoms with van der Waals surface area (Å²) < 4.78 is 26.7. The zero-order valence-electron chi connectivity index (χ0n) is 42.0. The first-order valence-corrected chi connectivity index (χ1v) is 29.5. The number of hydrogen-bond donors (Lipinski definition) is 0. The Kier molecular flexibility index (Phi) is 16.0. The van der Waals surface area contributed by atoms with Gasteiger partial charge in [0.1, 0.15) is 29.3 Å². The van der Waals surface area contributed by atoms with E-state index in [1.54, 1.807) is 14.2 Å². The molecule has 5 aliphatic carbocycles. The minimum atomic E-state index is -2.24. The molecule has 0 saturated heterocycles. The summed E-state index contributed by atoms with van der Waals surface area (Å²) in [5.74, 6) is 3.77. The van der Waals surface area contributed by atoms with Gasteiger partial charge in [-0.15, -0.1) is 0 Å². The number of ether oxygens (including phenoxy) is 2. The quantitative estimate of drug-likeness (QED) is 0.157. The van der Waals surface area contributed by atoms with Crippen LogP contribution in [-0.4, -0.2) is 37.1 Å². The van der Waals surface area contributed by atoms with E-state index in [1.807, 2.05) is 0 Å². The molecule has 7 heteroatoms. The zero-order valence-corrected chi connectivity index (χ0v) is 44.0. The van der Waals surface area contributed by atoms with Crippen LogP contribution < -0.4 is 18.3 Å². The van der Waals surface area contributed by atoms with E-state index in [0.29, 0.717) is 12.8 Å². The largest absolute Gasteiger partial charge is 0.543 e. The van der Waals surface area contributed by atoms with E-state index in [2.05, 4.69) is 156 Å². The Labute approximate surface area is 385 Å². The predicted octanol–water partition coefficient (Wildman–Crippen LogP) is 15.4. The van der Waals surface area contributed by atoms with Crippen molar-refractivity contribution < 1.29 is 23.1 Å². The smallest absolute Gasteiger partial charge is 0.250 e. The third-order valence-electron chi connectivity index (χ3n) is 15.2. The molecule has 3 unspecified atom stereocenters. The summed E-state index contributed by atoms with van der Waals surface area (Å²) in [5, 5.41) is 0.0726. The Morgan fingerprint density at radius 1 is 0.667 bits per heavy atom. The molecule has 7 rings (SSSR count). The molecule has 0 fully saturated rings.